The fraction of sp³-hybridized carbons (Fsp3) is 0.348. The molecule has 5 nitrogen and oxygen atoms in total. The molecule has 1 saturated carbocycles. The monoisotopic (exact) mass is 428 g/mol. The molecule has 0 N–H and O–H groups in total. The van der Waals surface area contributed by atoms with Gasteiger partial charge in [0.25, 0.3) is 0 Å². The minimum absolute atomic E-state index is 0.00229. The van der Waals surface area contributed by atoms with Gasteiger partial charge in [-0.25, -0.2) is 22.3 Å². The van der Waals surface area contributed by atoms with E-state index in [0.717, 1.165) is 18.2 Å². The molecule has 1 heterocycles. The van der Waals surface area contributed by atoms with Gasteiger partial charge in [-0.3, -0.25) is 0 Å². The number of nitrogens with zero attached hydrogens (tertiary/aromatic N) is 2. The topological polar surface area (TPSA) is 60.7 Å². The van der Waals surface area contributed by atoms with E-state index in [4.69, 9.17) is 4.74 Å². The third kappa shape index (κ3) is 3.62. The highest BCUT2D eigenvalue weighted by molar-refractivity contribution is 7.94. The Morgan fingerprint density at radius 3 is 2.50 bits per heavy atom. The van der Waals surface area contributed by atoms with Gasteiger partial charge < -0.3 is 4.74 Å². The molecule has 0 aliphatic heterocycles. The summed E-state index contributed by atoms with van der Waals surface area (Å²) in [6, 6.07) is 13.5. The van der Waals surface area contributed by atoms with Crippen molar-refractivity contribution in [2.45, 2.75) is 49.4 Å². The number of benzene rings is 2. The lowest BCUT2D eigenvalue weighted by molar-refractivity contribution is 0.0547. The van der Waals surface area contributed by atoms with Crippen LogP contribution in [0.1, 0.15) is 33.6 Å². The van der Waals surface area contributed by atoms with Crippen molar-refractivity contribution >= 4 is 26.7 Å². The smallest absolute Gasteiger partial charge is 0.419 e. The largest absolute Gasteiger partial charge is 0.443 e. The van der Waals surface area contributed by atoms with Crippen LogP contribution in [-0.2, 0) is 14.5 Å². The molecule has 3 aromatic rings. The Bertz CT molecular complexity index is 1260. The molecule has 1 atom stereocenters. The average Bonchev–Trinajstić information content (AvgIpc) is 3.47. The first-order valence-electron chi connectivity index (χ1n) is 9.92. The van der Waals surface area contributed by atoms with Gasteiger partial charge in [0.1, 0.15) is 11.4 Å². The summed E-state index contributed by atoms with van der Waals surface area (Å²) in [7, 11) is -1.07. The van der Waals surface area contributed by atoms with Gasteiger partial charge in [0.2, 0.25) is 0 Å². The molecule has 158 valence electrons. The first-order valence-corrected chi connectivity index (χ1v) is 11.5. The van der Waals surface area contributed by atoms with Gasteiger partial charge >= 0.3 is 6.09 Å². The molecule has 1 aromatic heterocycles. The lowest BCUT2D eigenvalue weighted by Crippen LogP contribution is -2.27. The summed E-state index contributed by atoms with van der Waals surface area (Å²) in [4.78, 5) is 13.5. The van der Waals surface area contributed by atoms with E-state index < -0.39 is 27.2 Å². The van der Waals surface area contributed by atoms with E-state index >= 15 is 0 Å². The van der Waals surface area contributed by atoms with Crippen LogP contribution in [0.5, 0.6) is 0 Å². The standard InChI is InChI=1S/C23H25FN2O3S/c1-23(2,3)29-22(27)26-20-8-6-5-7-15(20)13-21(26)18-14-17(11-12-19(18)24)30(28,25-4)16-9-10-16/h5-8,11-14,16H,9-10H2,1-4H3. The summed E-state index contributed by atoms with van der Waals surface area (Å²) in [5, 5.41) is 0.781. The molecule has 2 aromatic carbocycles. The van der Waals surface area contributed by atoms with Gasteiger partial charge in [0.15, 0.2) is 0 Å². The van der Waals surface area contributed by atoms with Gasteiger partial charge in [-0.2, -0.15) is 0 Å². The highest BCUT2D eigenvalue weighted by Gasteiger charge is 2.35. The number of fused-ring (bicyclic) bond motifs is 1. The maximum atomic E-state index is 15.0. The third-order valence-corrected chi connectivity index (χ3v) is 7.93. The predicted octanol–water partition coefficient (Wildman–Crippen LogP) is 5.85. The molecule has 0 spiro atoms. The van der Waals surface area contributed by atoms with Gasteiger partial charge in [0, 0.05) is 28.1 Å². The van der Waals surface area contributed by atoms with Crippen LogP contribution in [0, 0.1) is 5.82 Å². The minimum Gasteiger partial charge on any atom is -0.443 e. The van der Waals surface area contributed by atoms with E-state index in [2.05, 4.69) is 4.36 Å². The summed E-state index contributed by atoms with van der Waals surface area (Å²) in [5.41, 5.74) is 0.473. The highest BCUT2D eigenvalue weighted by Crippen LogP contribution is 2.38. The molecule has 1 unspecified atom stereocenters. The number of carbonyl (C=O) groups is 1. The summed E-state index contributed by atoms with van der Waals surface area (Å²) in [6.45, 7) is 5.35. The number of carbonyl (C=O) groups excluding carboxylic acids is 1. The van der Waals surface area contributed by atoms with Gasteiger partial charge in [-0.1, -0.05) is 18.2 Å². The maximum Gasteiger partial charge on any atom is 0.419 e. The van der Waals surface area contributed by atoms with Crippen LogP contribution in [0.3, 0.4) is 0 Å². The first-order chi connectivity index (χ1) is 14.1. The Kier molecular flexibility index (Phi) is 4.97. The Labute approximate surface area is 176 Å². The summed E-state index contributed by atoms with van der Waals surface area (Å²) in [5.74, 6) is -0.500. The van der Waals surface area contributed by atoms with E-state index in [0.29, 0.717) is 16.1 Å². The molecule has 0 radical (unpaired) electrons. The average molecular weight is 429 g/mol. The van der Waals surface area contributed by atoms with Crippen molar-refractivity contribution in [3.05, 3.63) is 54.3 Å². The second kappa shape index (κ2) is 7.23. The first kappa shape index (κ1) is 20.6. The second-order valence-electron chi connectivity index (χ2n) is 8.50. The van der Waals surface area contributed by atoms with Crippen LogP contribution < -0.4 is 0 Å². The molecule has 1 fully saturated rings. The van der Waals surface area contributed by atoms with E-state index in [9.17, 15) is 13.4 Å². The predicted molar refractivity (Wildman–Crippen MR) is 117 cm³/mol. The Hall–Kier alpha value is -2.67. The second-order valence-corrected chi connectivity index (χ2v) is 11.1. The normalized spacial score (nSPS) is 16.3. The van der Waals surface area contributed by atoms with Gasteiger partial charge in [-0.15, -0.1) is 0 Å². The molecule has 1 aliphatic carbocycles. The minimum atomic E-state index is -2.62. The van der Waals surface area contributed by atoms with Crippen molar-refractivity contribution in [1.29, 1.82) is 0 Å². The molecule has 0 saturated heterocycles. The Balaban J connectivity index is 1.94. The number of ether oxygens (including phenoxy) is 1. The number of halogens is 1. The number of aromatic nitrogens is 1. The zero-order valence-electron chi connectivity index (χ0n) is 17.5. The molecule has 0 amide bonds. The van der Waals surface area contributed by atoms with Crippen LogP contribution in [0.4, 0.5) is 9.18 Å². The van der Waals surface area contributed by atoms with E-state index in [-0.39, 0.29) is 10.8 Å². The quantitative estimate of drug-likeness (QED) is 0.526. The lowest BCUT2D eigenvalue weighted by atomic mass is 10.1. The molecule has 1 aliphatic rings. The molecular weight excluding hydrogens is 403 g/mol. The Morgan fingerprint density at radius 2 is 1.87 bits per heavy atom. The summed E-state index contributed by atoms with van der Waals surface area (Å²) >= 11 is 0. The van der Waals surface area contributed by atoms with Crippen molar-refractivity contribution in [3.63, 3.8) is 0 Å². The number of para-hydroxylation sites is 1. The zero-order valence-corrected chi connectivity index (χ0v) is 18.3. The van der Waals surface area contributed by atoms with Crippen molar-refractivity contribution in [2.75, 3.05) is 7.05 Å². The van der Waals surface area contributed by atoms with Gasteiger partial charge in [0.05, 0.1) is 20.9 Å². The molecule has 0 bridgehead atoms. The lowest BCUT2D eigenvalue weighted by Gasteiger charge is -2.21. The van der Waals surface area contributed by atoms with Crippen molar-refractivity contribution in [2.24, 2.45) is 4.36 Å². The number of hydrogen-bond donors (Lipinski definition) is 0. The Morgan fingerprint density at radius 1 is 1.17 bits per heavy atom. The van der Waals surface area contributed by atoms with Crippen LogP contribution in [0.25, 0.3) is 22.2 Å². The highest BCUT2D eigenvalue weighted by atomic mass is 32.2. The molecule has 4 rings (SSSR count). The van der Waals surface area contributed by atoms with Crippen molar-refractivity contribution in [3.8, 4) is 11.3 Å². The molecular formula is C23H25FN2O3S. The number of rotatable bonds is 3. The van der Waals surface area contributed by atoms with Crippen molar-refractivity contribution in [1.82, 2.24) is 4.57 Å². The van der Waals surface area contributed by atoms with Crippen molar-refractivity contribution < 1.29 is 18.1 Å². The van der Waals surface area contributed by atoms with Crippen LogP contribution in [-0.4, -0.2) is 32.8 Å². The summed E-state index contributed by atoms with van der Waals surface area (Å²) in [6.07, 6.45) is 1.11. The van der Waals surface area contributed by atoms with Crippen LogP contribution in [0.2, 0.25) is 0 Å². The maximum absolute atomic E-state index is 15.0. The van der Waals surface area contributed by atoms with Crippen LogP contribution >= 0.6 is 0 Å². The van der Waals surface area contributed by atoms with E-state index in [1.807, 2.05) is 18.2 Å². The fourth-order valence-electron chi connectivity index (χ4n) is 3.57. The molecule has 30 heavy (non-hydrogen) atoms. The van der Waals surface area contributed by atoms with E-state index in [1.165, 1.54) is 16.7 Å². The number of hydrogen-bond acceptors (Lipinski definition) is 4. The zero-order chi connectivity index (χ0) is 21.7. The SMILES string of the molecule is CN=S(=O)(c1ccc(F)c(-c2cc3ccccc3n2C(=O)OC(C)(C)C)c1)C1CC1. The van der Waals surface area contributed by atoms with Gasteiger partial charge in [-0.05, 0) is 63.9 Å². The van der Waals surface area contributed by atoms with E-state index in [1.54, 1.807) is 46.0 Å². The third-order valence-electron chi connectivity index (χ3n) is 5.09. The fourth-order valence-corrected chi connectivity index (χ4v) is 5.79. The summed E-state index contributed by atoms with van der Waals surface area (Å²) < 4.78 is 39.5. The van der Waals surface area contributed by atoms with Crippen LogP contribution in [0.15, 0.2) is 57.8 Å². The molecule has 7 heteroatoms.